The molecule has 0 fully saturated rings. The van der Waals surface area contributed by atoms with Gasteiger partial charge in [0, 0.05) is 5.56 Å². The quantitative estimate of drug-likeness (QED) is 0.894. The molecule has 0 saturated carbocycles. The molecule has 1 aromatic heterocycles. The molecular weight excluding hydrogens is 242 g/mol. The summed E-state index contributed by atoms with van der Waals surface area (Å²) < 4.78 is 5.37. The predicted octanol–water partition coefficient (Wildman–Crippen LogP) is 2.77. The van der Waals surface area contributed by atoms with Gasteiger partial charge in [0.25, 0.3) is 0 Å². The van der Waals surface area contributed by atoms with Crippen molar-refractivity contribution in [3.8, 4) is 17.0 Å². The highest BCUT2D eigenvalue weighted by atomic mass is 16.5. The summed E-state index contributed by atoms with van der Waals surface area (Å²) in [6.45, 7) is 2.57. The number of carboxylic acid groups (broad SMARTS) is 1. The van der Waals surface area contributed by atoms with Crippen LogP contribution < -0.4 is 4.74 Å². The van der Waals surface area contributed by atoms with E-state index < -0.39 is 5.97 Å². The third-order valence-electron chi connectivity index (χ3n) is 2.60. The first-order chi connectivity index (χ1) is 9.19. The van der Waals surface area contributed by atoms with Crippen LogP contribution in [0.5, 0.6) is 5.75 Å². The third-order valence-corrected chi connectivity index (χ3v) is 2.60. The van der Waals surface area contributed by atoms with E-state index in [0.29, 0.717) is 12.3 Å². The van der Waals surface area contributed by atoms with E-state index in [-0.39, 0.29) is 6.42 Å². The fourth-order valence-electron chi connectivity index (χ4n) is 1.78. The number of hydrogen-bond donors (Lipinski definition) is 1. The Bertz CT molecular complexity index is 564. The van der Waals surface area contributed by atoms with Gasteiger partial charge >= 0.3 is 5.97 Å². The lowest BCUT2D eigenvalue weighted by atomic mass is 10.1. The van der Waals surface area contributed by atoms with E-state index in [9.17, 15) is 4.79 Å². The number of aromatic nitrogens is 1. The molecule has 1 N–H and O–H groups in total. The number of aliphatic carboxylic acids is 1. The second kappa shape index (κ2) is 6.00. The number of pyridine rings is 1. The van der Waals surface area contributed by atoms with Crippen LogP contribution in [0.4, 0.5) is 0 Å². The van der Waals surface area contributed by atoms with Crippen molar-refractivity contribution in [3.63, 3.8) is 0 Å². The second-order valence-electron chi connectivity index (χ2n) is 4.04. The molecule has 4 heteroatoms. The van der Waals surface area contributed by atoms with Gasteiger partial charge in [-0.25, -0.2) is 0 Å². The Labute approximate surface area is 111 Å². The summed E-state index contributed by atoms with van der Waals surface area (Å²) in [6, 6.07) is 13.0. The van der Waals surface area contributed by atoms with Gasteiger partial charge in [-0.3, -0.25) is 9.78 Å². The van der Waals surface area contributed by atoms with Crippen molar-refractivity contribution in [1.29, 1.82) is 0 Å². The molecule has 2 aromatic rings. The van der Waals surface area contributed by atoms with Crippen molar-refractivity contribution in [3.05, 3.63) is 48.2 Å². The Morgan fingerprint density at radius 2 is 1.95 bits per heavy atom. The SMILES string of the molecule is CCOc1ccc(-c2cccc(CC(=O)O)n2)cc1. The van der Waals surface area contributed by atoms with Gasteiger partial charge in [0.05, 0.1) is 24.4 Å². The van der Waals surface area contributed by atoms with Crippen LogP contribution in [0.25, 0.3) is 11.3 Å². The molecule has 0 unspecified atom stereocenters. The summed E-state index contributed by atoms with van der Waals surface area (Å²) in [5.74, 6) is -0.0655. The van der Waals surface area contributed by atoms with Gasteiger partial charge in [0.15, 0.2) is 0 Å². The van der Waals surface area contributed by atoms with Crippen LogP contribution in [-0.4, -0.2) is 22.7 Å². The molecule has 0 atom stereocenters. The van der Waals surface area contributed by atoms with Crippen molar-refractivity contribution < 1.29 is 14.6 Å². The molecule has 1 aromatic carbocycles. The highest BCUT2D eigenvalue weighted by molar-refractivity contribution is 5.70. The van der Waals surface area contributed by atoms with Gasteiger partial charge in [-0.2, -0.15) is 0 Å². The average molecular weight is 257 g/mol. The van der Waals surface area contributed by atoms with Crippen molar-refractivity contribution in [2.75, 3.05) is 6.61 Å². The Morgan fingerprint density at radius 1 is 1.21 bits per heavy atom. The number of carboxylic acids is 1. The van der Waals surface area contributed by atoms with E-state index in [0.717, 1.165) is 17.0 Å². The Kier molecular flexibility index (Phi) is 4.13. The van der Waals surface area contributed by atoms with E-state index in [2.05, 4.69) is 4.98 Å². The zero-order valence-electron chi connectivity index (χ0n) is 10.7. The molecule has 0 spiro atoms. The minimum Gasteiger partial charge on any atom is -0.494 e. The highest BCUT2D eigenvalue weighted by Crippen LogP contribution is 2.21. The van der Waals surface area contributed by atoms with Crippen molar-refractivity contribution >= 4 is 5.97 Å². The number of carbonyl (C=O) groups is 1. The first kappa shape index (κ1) is 13.1. The largest absolute Gasteiger partial charge is 0.494 e. The maximum absolute atomic E-state index is 10.7. The van der Waals surface area contributed by atoms with Gasteiger partial charge in [0.2, 0.25) is 0 Å². The highest BCUT2D eigenvalue weighted by Gasteiger charge is 2.05. The summed E-state index contributed by atoms with van der Waals surface area (Å²) in [5, 5.41) is 8.77. The molecule has 0 aliphatic carbocycles. The van der Waals surface area contributed by atoms with Gasteiger partial charge < -0.3 is 9.84 Å². The number of benzene rings is 1. The lowest BCUT2D eigenvalue weighted by molar-refractivity contribution is -0.136. The van der Waals surface area contributed by atoms with Crippen LogP contribution >= 0.6 is 0 Å². The third kappa shape index (κ3) is 3.55. The van der Waals surface area contributed by atoms with Crippen molar-refractivity contribution in [2.24, 2.45) is 0 Å². The monoisotopic (exact) mass is 257 g/mol. The first-order valence-corrected chi connectivity index (χ1v) is 6.10. The van der Waals surface area contributed by atoms with Crippen LogP contribution in [0.2, 0.25) is 0 Å². The molecule has 0 aliphatic heterocycles. The molecule has 0 bridgehead atoms. The summed E-state index contributed by atoms with van der Waals surface area (Å²) in [6.07, 6.45) is -0.0646. The smallest absolute Gasteiger partial charge is 0.309 e. The number of ether oxygens (including phenoxy) is 1. The van der Waals surface area contributed by atoms with Gasteiger partial charge in [0.1, 0.15) is 5.75 Å². The Balaban J connectivity index is 2.23. The van der Waals surface area contributed by atoms with Crippen molar-refractivity contribution in [1.82, 2.24) is 4.98 Å². The lowest BCUT2D eigenvalue weighted by Gasteiger charge is -2.06. The molecule has 1 heterocycles. The average Bonchev–Trinajstić information content (AvgIpc) is 2.39. The standard InChI is InChI=1S/C15H15NO3/c1-2-19-13-8-6-11(7-9-13)14-5-3-4-12(16-14)10-15(17)18/h3-9H,2,10H2,1H3,(H,17,18). The number of hydrogen-bond acceptors (Lipinski definition) is 3. The molecule has 4 nitrogen and oxygen atoms in total. The molecule has 2 rings (SSSR count). The van der Waals surface area contributed by atoms with Gasteiger partial charge in [-0.05, 0) is 43.3 Å². The minimum absolute atomic E-state index is 0.0646. The van der Waals surface area contributed by atoms with Gasteiger partial charge in [-0.15, -0.1) is 0 Å². The molecule has 0 saturated heterocycles. The summed E-state index contributed by atoms with van der Waals surface area (Å²) >= 11 is 0. The molecular formula is C15H15NO3. The normalized spacial score (nSPS) is 10.2. The molecule has 0 radical (unpaired) electrons. The zero-order valence-corrected chi connectivity index (χ0v) is 10.7. The van der Waals surface area contributed by atoms with E-state index in [4.69, 9.17) is 9.84 Å². The van der Waals surface area contributed by atoms with E-state index in [1.54, 1.807) is 6.07 Å². The van der Waals surface area contributed by atoms with Crippen molar-refractivity contribution in [2.45, 2.75) is 13.3 Å². The second-order valence-corrected chi connectivity index (χ2v) is 4.04. The first-order valence-electron chi connectivity index (χ1n) is 6.10. The minimum atomic E-state index is -0.878. The predicted molar refractivity (Wildman–Crippen MR) is 72.2 cm³/mol. The van der Waals surface area contributed by atoms with Crippen LogP contribution in [-0.2, 0) is 11.2 Å². The number of nitrogens with zero attached hydrogens (tertiary/aromatic N) is 1. The fraction of sp³-hybridized carbons (Fsp3) is 0.200. The van der Waals surface area contributed by atoms with Crippen LogP contribution in [0.15, 0.2) is 42.5 Å². The van der Waals surface area contributed by atoms with E-state index >= 15 is 0 Å². The molecule has 19 heavy (non-hydrogen) atoms. The summed E-state index contributed by atoms with van der Waals surface area (Å²) in [4.78, 5) is 15.0. The zero-order chi connectivity index (χ0) is 13.7. The Morgan fingerprint density at radius 3 is 2.58 bits per heavy atom. The van der Waals surface area contributed by atoms with E-state index in [1.165, 1.54) is 0 Å². The number of rotatable bonds is 5. The van der Waals surface area contributed by atoms with Crippen LogP contribution in [0.1, 0.15) is 12.6 Å². The molecule has 0 amide bonds. The van der Waals surface area contributed by atoms with Crippen LogP contribution in [0.3, 0.4) is 0 Å². The van der Waals surface area contributed by atoms with Gasteiger partial charge in [-0.1, -0.05) is 6.07 Å². The lowest BCUT2D eigenvalue weighted by Crippen LogP contribution is -2.02. The topological polar surface area (TPSA) is 59.4 Å². The summed E-state index contributed by atoms with van der Waals surface area (Å²) in [5.41, 5.74) is 2.26. The molecule has 0 aliphatic rings. The molecule has 98 valence electrons. The van der Waals surface area contributed by atoms with E-state index in [1.807, 2.05) is 43.3 Å². The fourth-order valence-corrected chi connectivity index (χ4v) is 1.78. The Hall–Kier alpha value is -2.36. The summed E-state index contributed by atoms with van der Waals surface area (Å²) in [7, 11) is 0. The maximum Gasteiger partial charge on any atom is 0.309 e. The maximum atomic E-state index is 10.7. The van der Waals surface area contributed by atoms with Crippen LogP contribution in [0, 0.1) is 0 Å².